The van der Waals surface area contributed by atoms with E-state index in [9.17, 15) is 14.9 Å². The van der Waals surface area contributed by atoms with Crippen molar-refractivity contribution in [2.24, 2.45) is 0 Å². The van der Waals surface area contributed by atoms with Crippen molar-refractivity contribution in [2.45, 2.75) is 6.92 Å². The highest BCUT2D eigenvalue weighted by Gasteiger charge is 2.13. The van der Waals surface area contributed by atoms with Crippen molar-refractivity contribution in [2.75, 3.05) is 5.32 Å². The number of nitro benzene ring substituents is 1. The molecule has 0 saturated heterocycles. The summed E-state index contributed by atoms with van der Waals surface area (Å²) < 4.78 is 0. The number of nitro groups is 1. The Morgan fingerprint density at radius 1 is 1.26 bits per heavy atom. The number of benzene rings is 2. The maximum atomic E-state index is 12.2. The summed E-state index contributed by atoms with van der Waals surface area (Å²) >= 11 is 0. The fraction of sp³-hybridized carbons (Fsp3) is 0.0588. The molecule has 6 nitrogen and oxygen atoms in total. The second-order valence-electron chi connectivity index (χ2n) is 4.79. The van der Waals surface area contributed by atoms with Crippen LogP contribution in [-0.2, 0) is 4.79 Å². The zero-order valence-electron chi connectivity index (χ0n) is 12.3. The lowest BCUT2D eigenvalue weighted by Crippen LogP contribution is -2.14. The molecule has 1 N–H and O–H groups in total. The molecule has 0 aliphatic carbocycles. The van der Waals surface area contributed by atoms with Gasteiger partial charge in [-0.05, 0) is 30.2 Å². The maximum Gasteiger partial charge on any atom is 0.269 e. The van der Waals surface area contributed by atoms with Crippen LogP contribution in [0.4, 0.5) is 11.4 Å². The predicted octanol–water partition coefficient (Wildman–Crippen LogP) is 3.45. The van der Waals surface area contributed by atoms with Crippen LogP contribution in [-0.4, -0.2) is 10.8 Å². The van der Waals surface area contributed by atoms with Gasteiger partial charge in [0.15, 0.2) is 0 Å². The number of nitrogens with one attached hydrogen (secondary N) is 1. The molecular formula is C17H13N3O3. The molecule has 0 atom stereocenters. The zero-order valence-corrected chi connectivity index (χ0v) is 12.3. The third kappa shape index (κ3) is 4.02. The van der Waals surface area contributed by atoms with Gasteiger partial charge < -0.3 is 5.32 Å². The number of anilines is 1. The minimum atomic E-state index is -0.562. The Bertz CT molecular complexity index is 821. The minimum absolute atomic E-state index is 0.0473. The number of amides is 1. The topological polar surface area (TPSA) is 96.0 Å². The van der Waals surface area contributed by atoms with Crippen LogP contribution in [0.2, 0.25) is 0 Å². The molecule has 0 spiro atoms. The molecule has 0 aromatic heterocycles. The van der Waals surface area contributed by atoms with Crippen molar-refractivity contribution in [3.05, 3.63) is 75.3 Å². The first-order valence-electron chi connectivity index (χ1n) is 6.74. The van der Waals surface area contributed by atoms with Crippen LogP contribution in [0.3, 0.4) is 0 Å². The lowest BCUT2D eigenvalue weighted by molar-refractivity contribution is -0.384. The average Bonchev–Trinajstić information content (AvgIpc) is 2.55. The van der Waals surface area contributed by atoms with Crippen LogP contribution in [0.5, 0.6) is 0 Å². The van der Waals surface area contributed by atoms with Crippen LogP contribution in [0.1, 0.15) is 11.1 Å². The maximum absolute atomic E-state index is 12.2. The number of carbonyl (C=O) groups is 1. The van der Waals surface area contributed by atoms with Crippen molar-refractivity contribution in [1.82, 2.24) is 0 Å². The molecule has 0 fully saturated rings. The van der Waals surface area contributed by atoms with Crippen molar-refractivity contribution >= 4 is 23.4 Å². The molecule has 0 saturated carbocycles. The molecule has 0 bridgehead atoms. The van der Waals surface area contributed by atoms with Crippen LogP contribution >= 0.6 is 0 Å². The number of carbonyl (C=O) groups excluding carboxylic acids is 1. The molecule has 2 aromatic rings. The van der Waals surface area contributed by atoms with E-state index in [0.29, 0.717) is 11.3 Å². The highest BCUT2D eigenvalue weighted by molar-refractivity contribution is 6.10. The van der Waals surface area contributed by atoms with E-state index >= 15 is 0 Å². The molecule has 114 valence electrons. The third-order valence-corrected chi connectivity index (χ3v) is 3.14. The van der Waals surface area contributed by atoms with E-state index in [4.69, 9.17) is 5.26 Å². The summed E-state index contributed by atoms with van der Waals surface area (Å²) in [4.78, 5) is 22.4. The fourth-order valence-corrected chi connectivity index (χ4v) is 1.96. The first-order chi connectivity index (χ1) is 11.0. The van der Waals surface area contributed by atoms with E-state index < -0.39 is 10.8 Å². The summed E-state index contributed by atoms with van der Waals surface area (Å²) in [5.41, 5.74) is 1.61. The second kappa shape index (κ2) is 7.00. The predicted molar refractivity (Wildman–Crippen MR) is 86.5 cm³/mol. The van der Waals surface area contributed by atoms with Crippen LogP contribution in [0.15, 0.2) is 54.1 Å². The van der Waals surface area contributed by atoms with E-state index in [1.165, 1.54) is 24.3 Å². The van der Waals surface area contributed by atoms with Crippen molar-refractivity contribution in [1.29, 1.82) is 5.26 Å². The summed E-state index contributed by atoms with van der Waals surface area (Å²) in [7, 11) is 0. The summed E-state index contributed by atoms with van der Waals surface area (Å²) in [6.07, 6.45) is 1.48. The lowest BCUT2D eigenvalue weighted by Gasteiger charge is -2.07. The van der Waals surface area contributed by atoms with Crippen LogP contribution in [0.25, 0.3) is 6.08 Å². The molecule has 2 rings (SSSR count). The summed E-state index contributed by atoms with van der Waals surface area (Å²) in [5, 5.41) is 22.5. The van der Waals surface area contributed by atoms with Crippen molar-refractivity contribution < 1.29 is 9.72 Å². The van der Waals surface area contributed by atoms with Gasteiger partial charge in [-0.1, -0.05) is 30.3 Å². The van der Waals surface area contributed by atoms with Gasteiger partial charge in [0.25, 0.3) is 11.6 Å². The van der Waals surface area contributed by atoms with E-state index in [1.54, 1.807) is 31.2 Å². The molecule has 0 heterocycles. The second-order valence-corrected chi connectivity index (χ2v) is 4.79. The molecule has 23 heavy (non-hydrogen) atoms. The Kier molecular flexibility index (Phi) is 4.85. The van der Waals surface area contributed by atoms with Gasteiger partial charge in [-0.15, -0.1) is 0 Å². The first-order valence-corrected chi connectivity index (χ1v) is 6.74. The third-order valence-electron chi connectivity index (χ3n) is 3.14. The van der Waals surface area contributed by atoms with Crippen molar-refractivity contribution in [3.8, 4) is 6.07 Å². The van der Waals surface area contributed by atoms with Gasteiger partial charge >= 0.3 is 0 Å². The Balaban J connectivity index is 2.22. The van der Waals surface area contributed by atoms with Gasteiger partial charge in [-0.3, -0.25) is 14.9 Å². The SMILES string of the molecule is Cc1cc([N+](=O)[O-])ccc1NC(=O)/C(C#N)=C/c1ccccc1. The quantitative estimate of drug-likeness (QED) is 0.405. The monoisotopic (exact) mass is 307 g/mol. The number of rotatable bonds is 4. The highest BCUT2D eigenvalue weighted by Crippen LogP contribution is 2.21. The summed E-state index contributed by atoms with van der Waals surface area (Å²) in [5.74, 6) is -0.562. The fourth-order valence-electron chi connectivity index (χ4n) is 1.96. The number of nitrogens with zero attached hydrogens (tertiary/aromatic N) is 2. The van der Waals surface area contributed by atoms with Gasteiger partial charge in [0.1, 0.15) is 11.6 Å². The Hall–Kier alpha value is -3.46. The molecular weight excluding hydrogens is 294 g/mol. The van der Waals surface area contributed by atoms with Gasteiger partial charge in [0.05, 0.1) is 4.92 Å². The molecule has 0 aliphatic rings. The number of hydrogen-bond donors (Lipinski definition) is 1. The van der Waals surface area contributed by atoms with Crippen LogP contribution < -0.4 is 5.32 Å². The van der Waals surface area contributed by atoms with E-state index in [2.05, 4.69) is 5.32 Å². The normalized spacial score (nSPS) is 10.7. The number of non-ortho nitro benzene ring substituents is 1. The molecule has 2 aromatic carbocycles. The van der Waals surface area contributed by atoms with Gasteiger partial charge in [-0.2, -0.15) is 5.26 Å². The average molecular weight is 307 g/mol. The molecule has 1 amide bonds. The number of hydrogen-bond acceptors (Lipinski definition) is 4. The van der Waals surface area contributed by atoms with Crippen molar-refractivity contribution in [3.63, 3.8) is 0 Å². The Labute approximate surface area is 132 Å². The minimum Gasteiger partial charge on any atom is -0.321 e. The number of nitriles is 1. The van der Waals surface area contributed by atoms with Gasteiger partial charge in [-0.25, -0.2) is 0 Å². The lowest BCUT2D eigenvalue weighted by atomic mass is 10.1. The highest BCUT2D eigenvalue weighted by atomic mass is 16.6. The standard InChI is InChI=1S/C17H13N3O3/c1-12-9-15(20(22)23)7-8-16(12)19-17(21)14(11-18)10-13-5-3-2-4-6-13/h2-10H,1H3,(H,19,21)/b14-10+. The first kappa shape index (κ1) is 15.9. The van der Waals surface area contributed by atoms with E-state index in [1.807, 2.05) is 12.1 Å². The Morgan fingerprint density at radius 2 is 1.96 bits per heavy atom. The largest absolute Gasteiger partial charge is 0.321 e. The van der Waals surface area contributed by atoms with E-state index in [-0.39, 0.29) is 11.3 Å². The van der Waals surface area contributed by atoms with Crippen LogP contribution in [0, 0.1) is 28.4 Å². The smallest absolute Gasteiger partial charge is 0.269 e. The summed E-state index contributed by atoms with van der Waals surface area (Å²) in [6, 6.07) is 15.0. The summed E-state index contributed by atoms with van der Waals surface area (Å²) in [6.45, 7) is 1.65. The van der Waals surface area contributed by atoms with Gasteiger partial charge in [0, 0.05) is 17.8 Å². The van der Waals surface area contributed by atoms with Gasteiger partial charge in [0.2, 0.25) is 0 Å². The Morgan fingerprint density at radius 3 is 2.52 bits per heavy atom. The molecule has 0 radical (unpaired) electrons. The zero-order chi connectivity index (χ0) is 16.8. The molecule has 6 heteroatoms. The number of aryl methyl sites for hydroxylation is 1. The molecule has 0 aliphatic heterocycles. The molecule has 0 unspecified atom stereocenters. The van der Waals surface area contributed by atoms with E-state index in [0.717, 1.165) is 5.56 Å².